The molecule has 1 aromatic heterocycles. The Morgan fingerprint density at radius 1 is 1.03 bits per heavy atom. The van der Waals surface area contributed by atoms with Crippen molar-refractivity contribution >= 4 is 40.6 Å². The number of fused-ring (bicyclic) bond motifs is 1. The third-order valence-electron chi connectivity index (χ3n) is 6.24. The molecule has 2 aliphatic rings. The fourth-order valence-electron chi connectivity index (χ4n) is 4.80. The summed E-state index contributed by atoms with van der Waals surface area (Å²) in [5.41, 5.74) is 2.85. The molecule has 0 spiro atoms. The van der Waals surface area contributed by atoms with Gasteiger partial charge < -0.3 is 4.90 Å². The topological polar surface area (TPSA) is 50.5 Å². The van der Waals surface area contributed by atoms with Crippen molar-refractivity contribution in [1.82, 2.24) is 14.7 Å². The van der Waals surface area contributed by atoms with Gasteiger partial charge >= 0.3 is 0 Å². The van der Waals surface area contributed by atoms with Crippen LogP contribution in [-0.4, -0.2) is 32.8 Å². The Bertz CT molecular complexity index is 1160. The SMILES string of the molecule is CC1=Nc2ccnn2C(c2ccc(Cl)c(Cl)c2)C1C(=O)N1CCCC1c1ccccc1. The van der Waals surface area contributed by atoms with E-state index in [0.717, 1.165) is 36.5 Å². The number of nitrogens with zero attached hydrogens (tertiary/aromatic N) is 4. The van der Waals surface area contributed by atoms with Crippen molar-refractivity contribution in [3.05, 3.63) is 82.0 Å². The van der Waals surface area contributed by atoms with Crippen LogP contribution in [0.15, 0.2) is 65.8 Å². The van der Waals surface area contributed by atoms with E-state index in [0.29, 0.717) is 10.0 Å². The van der Waals surface area contributed by atoms with Gasteiger partial charge in [0.15, 0.2) is 5.82 Å². The lowest BCUT2D eigenvalue weighted by Gasteiger charge is -2.36. The Morgan fingerprint density at radius 3 is 2.61 bits per heavy atom. The summed E-state index contributed by atoms with van der Waals surface area (Å²) in [7, 11) is 0. The van der Waals surface area contributed by atoms with E-state index in [9.17, 15) is 4.79 Å². The van der Waals surface area contributed by atoms with Crippen LogP contribution >= 0.6 is 23.2 Å². The molecule has 5 rings (SSSR count). The number of benzene rings is 2. The molecule has 0 aliphatic carbocycles. The molecule has 3 heterocycles. The Hall–Kier alpha value is -2.63. The molecule has 0 saturated carbocycles. The third-order valence-corrected chi connectivity index (χ3v) is 6.98. The van der Waals surface area contributed by atoms with E-state index in [-0.39, 0.29) is 18.0 Å². The van der Waals surface area contributed by atoms with E-state index in [4.69, 9.17) is 28.2 Å². The lowest BCUT2D eigenvalue weighted by molar-refractivity contribution is -0.135. The number of carbonyl (C=O) groups is 1. The number of halogens is 2. The van der Waals surface area contributed by atoms with Crippen LogP contribution in [0.2, 0.25) is 10.0 Å². The van der Waals surface area contributed by atoms with Gasteiger partial charge in [-0.05, 0) is 43.0 Å². The maximum absolute atomic E-state index is 14.0. The van der Waals surface area contributed by atoms with Gasteiger partial charge in [-0.15, -0.1) is 0 Å². The highest BCUT2D eigenvalue weighted by Gasteiger charge is 2.43. The molecule has 2 aliphatic heterocycles. The maximum atomic E-state index is 14.0. The minimum atomic E-state index is -0.464. The number of aromatic nitrogens is 2. The van der Waals surface area contributed by atoms with Crippen LogP contribution in [0.4, 0.5) is 5.82 Å². The van der Waals surface area contributed by atoms with Gasteiger partial charge in [0, 0.05) is 18.3 Å². The Labute approximate surface area is 191 Å². The molecule has 3 unspecified atom stereocenters. The average Bonchev–Trinajstić information content (AvgIpc) is 3.44. The summed E-state index contributed by atoms with van der Waals surface area (Å²) in [5, 5.41) is 5.45. The summed E-state index contributed by atoms with van der Waals surface area (Å²) in [6.45, 7) is 2.67. The van der Waals surface area contributed by atoms with E-state index in [1.807, 2.05) is 52.9 Å². The predicted octanol–water partition coefficient (Wildman–Crippen LogP) is 5.87. The first kappa shape index (κ1) is 20.3. The van der Waals surface area contributed by atoms with Gasteiger partial charge in [0.25, 0.3) is 0 Å². The molecule has 0 N–H and O–H groups in total. The molecule has 0 radical (unpaired) electrons. The van der Waals surface area contributed by atoms with E-state index in [2.05, 4.69) is 17.2 Å². The van der Waals surface area contributed by atoms with Gasteiger partial charge in [-0.25, -0.2) is 9.67 Å². The fourth-order valence-corrected chi connectivity index (χ4v) is 5.11. The van der Waals surface area contributed by atoms with Crippen LogP contribution in [-0.2, 0) is 4.79 Å². The standard InChI is InChI=1S/C24H22Cl2N4O/c1-15-22(24(31)29-13-5-8-20(29)16-6-3-2-4-7-16)23(30-21(28-15)11-12-27-30)17-9-10-18(25)19(26)14-17/h2-4,6-7,9-12,14,20,22-23H,5,8,13H2,1H3. The minimum Gasteiger partial charge on any atom is -0.335 e. The second-order valence-electron chi connectivity index (χ2n) is 8.08. The van der Waals surface area contributed by atoms with Crippen molar-refractivity contribution < 1.29 is 4.79 Å². The van der Waals surface area contributed by atoms with Gasteiger partial charge in [0.05, 0.1) is 28.3 Å². The largest absolute Gasteiger partial charge is 0.335 e. The van der Waals surface area contributed by atoms with Crippen LogP contribution in [0.1, 0.15) is 43.0 Å². The smallest absolute Gasteiger partial charge is 0.234 e. The predicted molar refractivity (Wildman–Crippen MR) is 123 cm³/mol. The number of carbonyl (C=O) groups excluding carboxylic acids is 1. The number of aliphatic imine (C=N–C) groups is 1. The van der Waals surface area contributed by atoms with E-state index in [1.165, 1.54) is 5.56 Å². The average molecular weight is 453 g/mol. The molecule has 2 aromatic carbocycles. The number of hydrogen-bond acceptors (Lipinski definition) is 3. The lowest BCUT2D eigenvalue weighted by atomic mass is 9.86. The zero-order valence-electron chi connectivity index (χ0n) is 17.1. The van der Waals surface area contributed by atoms with Crippen molar-refractivity contribution in [1.29, 1.82) is 0 Å². The molecular formula is C24H22Cl2N4O. The molecule has 1 saturated heterocycles. The summed E-state index contributed by atoms with van der Waals surface area (Å²) >= 11 is 12.5. The van der Waals surface area contributed by atoms with E-state index < -0.39 is 5.92 Å². The van der Waals surface area contributed by atoms with Crippen molar-refractivity contribution in [3.63, 3.8) is 0 Å². The quantitative estimate of drug-likeness (QED) is 0.499. The highest BCUT2D eigenvalue weighted by atomic mass is 35.5. The monoisotopic (exact) mass is 452 g/mol. The molecule has 3 aromatic rings. The lowest BCUT2D eigenvalue weighted by Crippen LogP contribution is -2.44. The van der Waals surface area contributed by atoms with Gasteiger partial charge in [0.2, 0.25) is 5.91 Å². The van der Waals surface area contributed by atoms with Gasteiger partial charge in [-0.3, -0.25) is 4.79 Å². The molecule has 5 nitrogen and oxygen atoms in total. The van der Waals surface area contributed by atoms with Gasteiger partial charge in [-0.1, -0.05) is 59.6 Å². The molecule has 0 bridgehead atoms. The fraction of sp³-hybridized carbons (Fsp3) is 0.292. The summed E-state index contributed by atoms with van der Waals surface area (Å²) in [6.07, 6.45) is 3.66. The zero-order valence-corrected chi connectivity index (χ0v) is 18.6. The van der Waals surface area contributed by atoms with Crippen molar-refractivity contribution in [2.45, 2.75) is 31.8 Å². The number of amides is 1. The van der Waals surface area contributed by atoms with Crippen LogP contribution in [0, 0.1) is 5.92 Å². The molecule has 158 valence electrons. The van der Waals surface area contributed by atoms with Crippen LogP contribution in [0.25, 0.3) is 0 Å². The summed E-state index contributed by atoms with van der Waals surface area (Å²) < 4.78 is 1.82. The second kappa shape index (κ2) is 8.13. The third kappa shape index (κ3) is 3.56. The number of likely N-dealkylation sites (tertiary alicyclic amines) is 1. The van der Waals surface area contributed by atoms with E-state index in [1.54, 1.807) is 12.3 Å². The molecule has 7 heteroatoms. The molecule has 1 amide bonds. The normalized spacial score (nSPS) is 22.9. The van der Waals surface area contributed by atoms with Crippen molar-refractivity contribution in [2.24, 2.45) is 10.9 Å². The van der Waals surface area contributed by atoms with Crippen LogP contribution < -0.4 is 0 Å². The maximum Gasteiger partial charge on any atom is 0.234 e. The molecule has 1 fully saturated rings. The molecule has 31 heavy (non-hydrogen) atoms. The summed E-state index contributed by atoms with van der Waals surface area (Å²) in [6, 6.07) is 17.4. The van der Waals surface area contributed by atoms with Gasteiger partial charge in [-0.2, -0.15) is 5.10 Å². The van der Waals surface area contributed by atoms with Crippen molar-refractivity contribution in [2.75, 3.05) is 6.54 Å². The van der Waals surface area contributed by atoms with Crippen LogP contribution in [0.5, 0.6) is 0 Å². The van der Waals surface area contributed by atoms with Gasteiger partial charge in [0.1, 0.15) is 5.92 Å². The summed E-state index contributed by atoms with van der Waals surface area (Å²) in [4.78, 5) is 20.7. The Morgan fingerprint density at radius 2 is 1.84 bits per heavy atom. The first-order valence-electron chi connectivity index (χ1n) is 10.4. The van der Waals surface area contributed by atoms with E-state index >= 15 is 0 Å². The number of hydrogen-bond donors (Lipinski definition) is 0. The molecule has 3 atom stereocenters. The first-order chi connectivity index (χ1) is 15.0. The highest BCUT2D eigenvalue weighted by Crippen LogP contribution is 2.41. The zero-order chi connectivity index (χ0) is 21.5. The Balaban J connectivity index is 1.57. The molecular weight excluding hydrogens is 431 g/mol. The first-order valence-corrected chi connectivity index (χ1v) is 11.2. The number of rotatable bonds is 3. The highest BCUT2D eigenvalue weighted by molar-refractivity contribution is 6.42. The van der Waals surface area contributed by atoms with Crippen molar-refractivity contribution in [3.8, 4) is 0 Å². The second-order valence-corrected chi connectivity index (χ2v) is 8.90. The van der Waals surface area contributed by atoms with Crippen LogP contribution in [0.3, 0.4) is 0 Å². The summed E-state index contributed by atoms with van der Waals surface area (Å²) in [5.74, 6) is 0.345. The minimum absolute atomic E-state index is 0.0739. The Kier molecular flexibility index (Phi) is 5.32.